The standard InChI is InChI=1S/C16H17BrClNO2/c1-10(11-5-4-6-12(17)7-11)19-14-9-16(21-3)15(20-2)8-13(14)18/h4-10,19H,1-3H3. The number of nitrogens with one attached hydrogen (secondary N) is 1. The highest BCUT2D eigenvalue weighted by Gasteiger charge is 2.13. The van der Waals surface area contributed by atoms with E-state index in [2.05, 4.69) is 40.3 Å². The maximum Gasteiger partial charge on any atom is 0.162 e. The SMILES string of the molecule is COc1cc(Cl)c(NC(C)c2cccc(Br)c2)cc1OC. The molecule has 0 saturated heterocycles. The van der Waals surface area contributed by atoms with Gasteiger partial charge in [0.05, 0.1) is 24.9 Å². The third kappa shape index (κ3) is 3.83. The van der Waals surface area contributed by atoms with E-state index in [-0.39, 0.29) is 6.04 Å². The average Bonchev–Trinajstić information content (AvgIpc) is 2.48. The van der Waals surface area contributed by atoms with Gasteiger partial charge >= 0.3 is 0 Å². The molecule has 0 amide bonds. The highest BCUT2D eigenvalue weighted by atomic mass is 79.9. The lowest BCUT2D eigenvalue weighted by atomic mass is 10.1. The summed E-state index contributed by atoms with van der Waals surface area (Å²) in [5.74, 6) is 1.26. The maximum atomic E-state index is 6.29. The van der Waals surface area contributed by atoms with Crippen LogP contribution < -0.4 is 14.8 Å². The zero-order chi connectivity index (χ0) is 15.4. The molecule has 21 heavy (non-hydrogen) atoms. The van der Waals surface area contributed by atoms with Crippen molar-refractivity contribution in [2.45, 2.75) is 13.0 Å². The largest absolute Gasteiger partial charge is 0.493 e. The average molecular weight is 371 g/mol. The molecule has 0 radical (unpaired) electrons. The summed E-state index contributed by atoms with van der Waals surface area (Å²) < 4.78 is 11.6. The molecular weight excluding hydrogens is 354 g/mol. The summed E-state index contributed by atoms with van der Waals surface area (Å²) in [4.78, 5) is 0. The van der Waals surface area contributed by atoms with Crippen LogP contribution in [0, 0.1) is 0 Å². The zero-order valence-corrected chi connectivity index (χ0v) is 14.5. The van der Waals surface area contributed by atoms with Gasteiger partial charge in [-0.3, -0.25) is 0 Å². The minimum Gasteiger partial charge on any atom is -0.493 e. The van der Waals surface area contributed by atoms with Gasteiger partial charge in [0, 0.05) is 22.6 Å². The van der Waals surface area contributed by atoms with Crippen LogP contribution in [0.5, 0.6) is 11.5 Å². The number of halogens is 2. The van der Waals surface area contributed by atoms with Crippen molar-refractivity contribution in [1.82, 2.24) is 0 Å². The van der Waals surface area contributed by atoms with Crippen molar-refractivity contribution < 1.29 is 9.47 Å². The minimum atomic E-state index is 0.109. The number of ether oxygens (including phenoxy) is 2. The molecule has 3 nitrogen and oxygen atoms in total. The fraction of sp³-hybridized carbons (Fsp3) is 0.250. The van der Waals surface area contributed by atoms with Gasteiger partial charge in [-0.25, -0.2) is 0 Å². The van der Waals surface area contributed by atoms with Crippen molar-refractivity contribution in [1.29, 1.82) is 0 Å². The zero-order valence-electron chi connectivity index (χ0n) is 12.1. The third-order valence-corrected chi connectivity index (χ3v) is 4.00. The topological polar surface area (TPSA) is 30.5 Å². The Morgan fingerprint density at radius 1 is 1.10 bits per heavy atom. The third-order valence-electron chi connectivity index (χ3n) is 3.19. The monoisotopic (exact) mass is 369 g/mol. The lowest BCUT2D eigenvalue weighted by Crippen LogP contribution is -2.07. The normalized spacial score (nSPS) is 11.9. The first-order valence-electron chi connectivity index (χ1n) is 6.48. The van der Waals surface area contributed by atoms with E-state index in [4.69, 9.17) is 21.1 Å². The molecule has 2 aromatic rings. The molecule has 0 heterocycles. The molecule has 2 rings (SSSR count). The van der Waals surface area contributed by atoms with Crippen molar-refractivity contribution in [3.63, 3.8) is 0 Å². The Kier molecular flexibility index (Phi) is 5.37. The van der Waals surface area contributed by atoms with Crippen molar-refractivity contribution in [2.24, 2.45) is 0 Å². The molecule has 0 spiro atoms. The summed E-state index contributed by atoms with van der Waals surface area (Å²) in [6.45, 7) is 2.08. The Balaban J connectivity index is 2.26. The second-order valence-electron chi connectivity index (χ2n) is 4.61. The van der Waals surface area contributed by atoms with E-state index in [1.54, 1.807) is 20.3 Å². The Labute approximate surface area is 138 Å². The molecule has 1 N–H and O–H groups in total. The van der Waals surface area contributed by atoms with Crippen LogP contribution in [0.15, 0.2) is 40.9 Å². The summed E-state index contributed by atoms with van der Waals surface area (Å²) in [5, 5.41) is 3.98. The molecule has 112 valence electrons. The molecule has 0 fully saturated rings. The molecule has 0 saturated carbocycles. The first kappa shape index (κ1) is 16.0. The van der Waals surface area contributed by atoms with Gasteiger partial charge in [-0.15, -0.1) is 0 Å². The summed E-state index contributed by atoms with van der Waals surface area (Å²) in [5.41, 5.74) is 1.97. The van der Waals surface area contributed by atoms with E-state index in [0.29, 0.717) is 16.5 Å². The smallest absolute Gasteiger partial charge is 0.162 e. The first-order chi connectivity index (χ1) is 10.0. The molecule has 0 aromatic heterocycles. The predicted molar refractivity (Wildman–Crippen MR) is 90.7 cm³/mol. The van der Waals surface area contributed by atoms with Gasteiger partial charge in [0.1, 0.15) is 0 Å². The number of anilines is 1. The Hall–Kier alpha value is -1.39. The fourth-order valence-electron chi connectivity index (χ4n) is 2.06. The van der Waals surface area contributed by atoms with Crippen LogP contribution >= 0.6 is 27.5 Å². The Bertz CT molecular complexity index is 634. The van der Waals surface area contributed by atoms with Crippen molar-refractivity contribution in [3.05, 3.63) is 51.5 Å². The summed E-state index contributed by atoms with van der Waals surface area (Å²) in [7, 11) is 3.19. The number of benzene rings is 2. The molecule has 0 aliphatic heterocycles. The van der Waals surface area contributed by atoms with Gasteiger partial charge in [0.15, 0.2) is 11.5 Å². The van der Waals surface area contributed by atoms with E-state index in [9.17, 15) is 0 Å². The summed E-state index contributed by atoms with van der Waals surface area (Å²) in [6.07, 6.45) is 0. The Morgan fingerprint density at radius 3 is 2.38 bits per heavy atom. The van der Waals surface area contributed by atoms with E-state index in [1.165, 1.54) is 0 Å². The van der Waals surface area contributed by atoms with E-state index in [0.717, 1.165) is 15.7 Å². The minimum absolute atomic E-state index is 0.109. The first-order valence-corrected chi connectivity index (χ1v) is 7.65. The molecule has 2 aromatic carbocycles. The Morgan fingerprint density at radius 2 is 1.76 bits per heavy atom. The highest BCUT2D eigenvalue weighted by molar-refractivity contribution is 9.10. The van der Waals surface area contributed by atoms with Crippen LogP contribution in [0.1, 0.15) is 18.5 Å². The summed E-state index contributed by atoms with van der Waals surface area (Å²) in [6, 6.07) is 11.8. The number of hydrogen-bond donors (Lipinski definition) is 1. The van der Waals surface area contributed by atoms with Crippen LogP contribution in [0.4, 0.5) is 5.69 Å². The van der Waals surface area contributed by atoms with E-state index >= 15 is 0 Å². The lowest BCUT2D eigenvalue weighted by molar-refractivity contribution is 0.355. The molecule has 1 unspecified atom stereocenters. The summed E-state index contributed by atoms with van der Waals surface area (Å²) >= 11 is 9.77. The number of methoxy groups -OCH3 is 2. The highest BCUT2D eigenvalue weighted by Crippen LogP contribution is 2.37. The second-order valence-corrected chi connectivity index (χ2v) is 5.93. The van der Waals surface area contributed by atoms with Crippen LogP contribution in [0.2, 0.25) is 5.02 Å². The second kappa shape index (κ2) is 7.05. The van der Waals surface area contributed by atoms with Gasteiger partial charge in [0.2, 0.25) is 0 Å². The van der Waals surface area contributed by atoms with Gasteiger partial charge in [-0.1, -0.05) is 39.7 Å². The molecule has 1 atom stereocenters. The quantitative estimate of drug-likeness (QED) is 0.775. The number of hydrogen-bond acceptors (Lipinski definition) is 3. The number of rotatable bonds is 5. The van der Waals surface area contributed by atoms with Crippen molar-refractivity contribution in [2.75, 3.05) is 19.5 Å². The van der Waals surface area contributed by atoms with Crippen LogP contribution in [0.25, 0.3) is 0 Å². The fourth-order valence-corrected chi connectivity index (χ4v) is 2.68. The van der Waals surface area contributed by atoms with Crippen molar-refractivity contribution in [3.8, 4) is 11.5 Å². The van der Waals surface area contributed by atoms with E-state index < -0.39 is 0 Å². The van der Waals surface area contributed by atoms with Gasteiger partial charge in [-0.05, 0) is 24.6 Å². The molecule has 0 bridgehead atoms. The van der Waals surface area contributed by atoms with Gasteiger partial charge in [-0.2, -0.15) is 0 Å². The van der Waals surface area contributed by atoms with Gasteiger partial charge in [0.25, 0.3) is 0 Å². The maximum absolute atomic E-state index is 6.29. The van der Waals surface area contributed by atoms with Crippen LogP contribution in [0.3, 0.4) is 0 Å². The van der Waals surface area contributed by atoms with Crippen molar-refractivity contribution >= 4 is 33.2 Å². The van der Waals surface area contributed by atoms with E-state index in [1.807, 2.05) is 18.2 Å². The predicted octanol–water partition coefficient (Wildman–Crippen LogP) is 5.29. The molecule has 0 aliphatic rings. The van der Waals surface area contributed by atoms with Crippen LogP contribution in [-0.4, -0.2) is 14.2 Å². The van der Waals surface area contributed by atoms with Crippen LogP contribution in [-0.2, 0) is 0 Å². The van der Waals surface area contributed by atoms with Gasteiger partial charge < -0.3 is 14.8 Å². The molecule has 0 aliphatic carbocycles. The molecule has 5 heteroatoms. The molecular formula is C16H17BrClNO2. The lowest BCUT2D eigenvalue weighted by Gasteiger charge is -2.19.